The normalized spacial score (nSPS) is 16.6. The van der Waals surface area contributed by atoms with E-state index in [0.717, 1.165) is 31.2 Å². The molecule has 1 fully saturated rings. The maximum atomic E-state index is 5.67. The van der Waals surface area contributed by atoms with Gasteiger partial charge in [-0.15, -0.1) is 0 Å². The lowest BCUT2D eigenvalue weighted by Gasteiger charge is -2.14. The molecule has 1 aliphatic carbocycles. The van der Waals surface area contributed by atoms with Crippen molar-refractivity contribution in [2.75, 3.05) is 13.2 Å². The summed E-state index contributed by atoms with van der Waals surface area (Å²) in [6, 6.07) is 8.95. The predicted molar refractivity (Wildman–Crippen MR) is 76.0 cm³/mol. The van der Waals surface area contributed by atoms with E-state index in [9.17, 15) is 0 Å². The molecule has 2 nitrogen and oxygen atoms in total. The molecule has 1 atom stereocenters. The summed E-state index contributed by atoms with van der Waals surface area (Å²) in [6.45, 7) is 6.40. The van der Waals surface area contributed by atoms with Crippen LogP contribution in [0.1, 0.15) is 51.1 Å². The number of hydrogen-bond donors (Lipinski definition) is 1. The molecular formula is C16H25NO. The average Bonchev–Trinajstić information content (AvgIpc) is 3.21. The number of benzene rings is 1. The van der Waals surface area contributed by atoms with Gasteiger partial charge in [0.1, 0.15) is 5.75 Å². The maximum absolute atomic E-state index is 5.67. The smallest absolute Gasteiger partial charge is 0.119 e. The molecule has 1 aromatic rings. The van der Waals surface area contributed by atoms with Crippen LogP contribution in [0, 0.1) is 5.92 Å². The van der Waals surface area contributed by atoms with Gasteiger partial charge in [0.2, 0.25) is 0 Å². The second-order valence-electron chi connectivity index (χ2n) is 5.34. The third kappa shape index (κ3) is 4.34. The van der Waals surface area contributed by atoms with Crippen LogP contribution in [0.15, 0.2) is 24.3 Å². The molecular weight excluding hydrogens is 222 g/mol. The van der Waals surface area contributed by atoms with E-state index >= 15 is 0 Å². The predicted octanol–water partition coefficient (Wildman–Crippen LogP) is 3.93. The third-order valence-electron chi connectivity index (χ3n) is 3.56. The molecule has 0 aliphatic heterocycles. The van der Waals surface area contributed by atoms with Crippen molar-refractivity contribution in [3.8, 4) is 5.75 Å². The third-order valence-corrected chi connectivity index (χ3v) is 3.56. The quantitative estimate of drug-likeness (QED) is 0.703. The van der Waals surface area contributed by atoms with Crippen LogP contribution in [0.25, 0.3) is 0 Å². The van der Waals surface area contributed by atoms with Gasteiger partial charge in [-0.1, -0.05) is 25.5 Å². The first kappa shape index (κ1) is 13.4. The van der Waals surface area contributed by atoms with Crippen LogP contribution in [-0.2, 0) is 0 Å². The molecule has 1 aliphatic rings. The Balaban J connectivity index is 1.77. The highest BCUT2D eigenvalue weighted by Gasteiger charge is 2.21. The zero-order valence-electron chi connectivity index (χ0n) is 11.6. The summed E-state index contributed by atoms with van der Waals surface area (Å²) in [5.41, 5.74) is 1.35. The Bertz CT molecular complexity index is 343. The Morgan fingerprint density at radius 3 is 2.61 bits per heavy atom. The first-order chi connectivity index (χ1) is 8.79. The van der Waals surface area contributed by atoms with Crippen LogP contribution in [0.3, 0.4) is 0 Å². The summed E-state index contributed by atoms with van der Waals surface area (Å²) in [5.74, 6) is 1.92. The summed E-state index contributed by atoms with van der Waals surface area (Å²) in [7, 11) is 0. The van der Waals surface area contributed by atoms with Gasteiger partial charge in [0, 0.05) is 6.04 Å². The molecule has 0 aromatic heterocycles. The van der Waals surface area contributed by atoms with E-state index in [1.165, 1.54) is 24.8 Å². The highest BCUT2D eigenvalue weighted by atomic mass is 16.5. The summed E-state index contributed by atoms with van der Waals surface area (Å²) < 4.78 is 5.67. The molecule has 1 aromatic carbocycles. The summed E-state index contributed by atoms with van der Waals surface area (Å²) in [6.07, 6.45) is 5.12. The van der Waals surface area contributed by atoms with Crippen molar-refractivity contribution in [3.63, 3.8) is 0 Å². The molecule has 0 heterocycles. The topological polar surface area (TPSA) is 21.3 Å². The molecule has 0 saturated heterocycles. The first-order valence-electron chi connectivity index (χ1n) is 7.25. The second kappa shape index (κ2) is 6.79. The molecule has 0 radical (unpaired) electrons. The number of unbranched alkanes of at least 4 members (excludes halogenated alkanes) is 1. The van der Waals surface area contributed by atoms with Crippen LogP contribution in [0.2, 0.25) is 0 Å². The Kier molecular flexibility index (Phi) is 5.06. The van der Waals surface area contributed by atoms with E-state index in [0.29, 0.717) is 6.04 Å². The minimum atomic E-state index is 0.440. The summed E-state index contributed by atoms with van der Waals surface area (Å²) in [5, 5.41) is 3.59. The van der Waals surface area contributed by atoms with Crippen molar-refractivity contribution in [2.45, 2.75) is 45.6 Å². The molecule has 1 unspecified atom stereocenters. The van der Waals surface area contributed by atoms with Crippen LogP contribution >= 0.6 is 0 Å². The highest BCUT2D eigenvalue weighted by Crippen LogP contribution is 2.28. The monoisotopic (exact) mass is 247 g/mol. The highest BCUT2D eigenvalue weighted by molar-refractivity contribution is 5.28. The fourth-order valence-electron chi connectivity index (χ4n) is 1.97. The molecule has 100 valence electrons. The largest absolute Gasteiger partial charge is 0.494 e. The van der Waals surface area contributed by atoms with Crippen molar-refractivity contribution in [2.24, 2.45) is 5.92 Å². The van der Waals surface area contributed by atoms with Crippen molar-refractivity contribution in [1.29, 1.82) is 0 Å². The molecule has 0 spiro atoms. The number of rotatable bonds is 8. The summed E-state index contributed by atoms with van der Waals surface area (Å²) >= 11 is 0. The van der Waals surface area contributed by atoms with Gasteiger partial charge in [0.15, 0.2) is 0 Å². The number of nitrogens with one attached hydrogen (secondary N) is 1. The van der Waals surface area contributed by atoms with Crippen molar-refractivity contribution >= 4 is 0 Å². The van der Waals surface area contributed by atoms with E-state index in [1.54, 1.807) is 0 Å². The molecule has 0 bridgehead atoms. The molecule has 18 heavy (non-hydrogen) atoms. The standard InChI is InChI=1S/C16H25NO/c1-3-4-11-18-16-9-7-15(8-10-16)13(2)17-12-14-5-6-14/h7-10,13-14,17H,3-6,11-12H2,1-2H3. The van der Waals surface area contributed by atoms with Crippen molar-refractivity contribution < 1.29 is 4.74 Å². The van der Waals surface area contributed by atoms with Crippen LogP contribution < -0.4 is 10.1 Å². The van der Waals surface area contributed by atoms with Gasteiger partial charge in [0.05, 0.1) is 6.61 Å². The van der Waals surface area contributed by atoms with E-state index in [1.807, 2.05) is 0 Å². The number of ether oxygens (including phenoxy) is 1. The van der Waals surface area contributed by atoms with E-state index < -0.39 is 0 Å². The molecule has 2 heteroatoms. The Labute approximate surface area is 111 Å². The fraction of sp³-hybridized carbons (Fsp3) is 0.625. The van der Waals surface area contributed by atoms with Crippen molar-refractivity contribution in [1.82, 2.24) is 5.32 Å². The molecule has 1 saturated carbocycles. The molecule has 2 rings (SSSR count). The van der Waals surface area contributed by atoms with Crippen LogP contribution in [0.5, 0.6) is 5.75 Å². The van der Waals surface area contributed by atoms with Gasteiger partial charge in [-0.3, -0.25) is 0 Å². The second-order valence-corrected chi connectivity index (χ2v) is 5.34. The number of hydrogen-bond acceptors (Lipinski definition) is 2. The summed E-state index contributed by atoms with van der Waals surface area (Å²) in [4.78, 5) is 0. The molecule has 1 N–H and O–H groups in total. The van der Waals surface area contributed by atoms with Gasteiger partial charge >= 0.3 is 0 Å². The van der Waals surface area contributed by atoms with Gasteiger partial charge < -0.3 is 10.1 Å². The van der Waals surface area contributed by atoms with Crippen molar-refractivity contribution in [3.05, 3.63) is 29.8 Å². The van der Waals surface area contributed by atoms with Gasteiger partial charge in [-0.25, -0.2) is 0 Å². The van der Waals surface area contributed by atoms with Crippen LogP contribution in [-0.4, -0.2) is 13.2 Å². The average molecular weight is 247 g/mol. The van der Waals surface area contributed by atoms with Gasteiger partial charge in [-0.05, 0) is 56.3 Å². The zero-order chi connectivity index (χ0) is 12.8. The fourth-order valence-corrected chi connectivity index (χ4v) is 1.97. The van der Waals surface area contributed by atoms with E-state index in [-0.39, 0.29) is 0 Å². The minimum absolute atomic E-state index is 0.440. The maximum Gasteiger partial charge on any atom is 0.119 e. The van der Waals surface area contributed by atoms with E-state index in [2.05, 4.69) is 43.4 Å². The Morgan fingerprint density at radius 1 is 1.28 bits per heavy atom. The van der Waals surface area contributed by atoms with Gasteiger partial charge in [-0.2, -0.15) is 0 Å². The minimum Gasteiger partial charge on any atom is -0.494 e. The zero-order valence-corrected chi connectivity index (χ0v) is 11.6. The van der Waals surface area contributed by atoms with E-state index in [4.69, 9.17) is 4.74 Å². The first-order valence-corrected chi connectivity index (χ1v) is 7.25. The lowest BCUT2D eigenvalue weighted by molar-refractivity contribution is 0.309. The lowest BCUT2D eigenvalue weighted by atomic mass is 10.1. The Hall–Kier alpha value is -1.02. The van der Waals surface area contributed by atoms with Crippen LogP contribution in [0.4, 0.5) is 0 Å². The Morgan fingerprint density at radius 2 is 2.00 bits per heavy atom. The molecule has 0 amide bonds. The lowest BCUT2D eigenvalue weighted by Crippen LogP contribution is -2.20. The SMILES string of the molecule is CCCCOc1ccc(C(C)NCC2CC2)cc1. The van der Waals surface area contributed by atoms with Gasteiger partial charge in [0.25, 0.3) is 0 Å².